The highest BCUT2D eigenvalue weighted by atomic mass is 32.1. The highest BCUT2D eigenvalue weighted by Crippen LogP contribution is 2.13. The molecule has 0 amide bonds. The second-order valence-corrected chi connectivity index (χ2v) is 5.56. The molecule has 4 nitrogen and oxygen atoms in total. The van der Waals surface area contributed by atoms with E-state index in [-0.39, 0.29) is 6.04 Å². The minimum Gasteiger partial charge on any atom is -0.327 e. The molecule has 3 aromatic rings. The van der Waals surface area contributed by atoms with Gasteiger partial charge in [0.15, 0.2) is 4.96 Å². The number of nitrogens with zero attached hydrogens (tertiary/aromatic N) is 3. The molecule has 0 aliphatic carbocycles. The predicted octanol–water partition coefficient (Wildman–Crippen LogP) is 2.29. The Morgan fingerprint density at radius 2 is 2.37 bits per heavy atom. The summed E-state index contributed by atoms with van der Waals surface area (Å²) in [6.07, 6.45) is 10.5. The number of hydrogen-bond acceptors (Lipinski definition) is 4. The number of nitrogens with two attached hydrogens (primary N) is 1. The van der Waals surface area contributed by atoms with Crippen LogP contribution in [0, 0.1) is 0 Å². The molecule has 98 valence electrons. The van der Waals surface area contributed by atoms with Gasteiger partial charge in [-0.1, -0.05) is 6.07 Å². The largest absolute Gasteiger partial charge is 0.327 e. The number of fused-ring (bicyclic) bond motifs is 1. The van der Waals surface area contributed by atoms with Crippen LogP contribution < -0.4 is 5.73 Å². The van der Waals surface area contributed by atoms with E-state index in [1.165, 1.54) is 5.56 Å². The summed E-state index contributed by atoms with van der Waals surface area (Å²) in [5.74, 6) is 0. The Morgan fingerprint density at radius 1 is 1.42 bits per heavy atom. The predicted molar refractivity (Wildman–Crippen MR) is 77.3 cm³/mol. The van der Waals surface area contributed by atoms with Gasteiger partial charge >= 0.3 is 0 Å². The van der Waals surface area contributed by atoms with Crippen LogP contribution in [0.25, 0.3) is 4.96 Å². The molecular weight excluding hydrogens is 256 g/mol. The fraction of sp³-hybridized carbons (Fsp3) is 0.286. The zero-order chi connectivity index (χ0) is 13.1. The molecule has 0 saturated carbocycles. The molecule has 0 aliphatic rings. The zero-order valence-electron chi connectivity index (χ0n) is 10.6. The lowest BCUT2D eigenvalue weighted by atomic mass is 10.0. The van der Waals surface area contributed by atoms with Crippen molar-refractivity contribution in [3.8, 4) is 0 Å². The Balaban J connectivity index is 1.56. The van der Waals surface area contributed by atoms with E-state index in [0.717, 1.165) is 29.9 Å². The summed E-state index contributed by atoms with van der Waals surface area (Å²) >= 11 is 1.65. The van der Waals surface area contributed by atoms with Gasteiger partial charge in [0.05, 0.1) is 5.69 Å². The molecule has 0 spiro atoms. The first-order chi connectivity index (χ1) is 9.31. The van der Waals surface area contributed by atoms with Gasteiger partial charge < -0.3 is 5.73 Å². The van der Waals surface area contributed by atoms with Gasteiger partial charge in [-0.15, -0.1) is 11.3 Å². The fourth-order valence-corrected chi connectivity index (χ4v) is 2.86. The summed E-state index contributed by atoms with van der Waals surface area (Å²) in [4.78, 5) is 9.71. The maximum Gasteiger partial charge on any atom is 0.193 e. The van der Waals surface area contributed by atoms with E-state index in [0.29, 0.717) is 0 Å². The van der Waals surface area contributed by atoms with E-state index in [2.05, 4.69) is 22.2 Å². The number of pyridine rings is 1. The maximum absolute atomic E-state index is 6.18. The van der Waals surface area contributed by atoms with Gasteiger partial charge in [0.25, 0.3) is 0 Å². The third kappa shape index (κ3) is 3.00. The van der Waals surface area contributed by atoms with Gasteiger partial charge in [-0.3, -0.25) is 9.38 Å². The summed E-state index contributed by atoms with van der Waals surface area (Å²) < 4.78 is 2.05. The van der Waals surface area contributed by atoms with Crippen LogP contribution >= 0.6 is 11.3 Å². The Hall–Kier alpha value is -1.72. The molecule has 0 saturated heterocycles. The summed E-state index contributed by atoms with van der Waals surface area (Å²) in [5.41, 5.74) is 8.49. The van der Waals surface area contributed by atoms with Crippen molar-refractivity contribution in [2.75, 3.05) is 0 Å². The van der Waals surface area contributed by atoms with E-state index in [1.54, 1.807) is 17.5 Å². The van der Waals surface area contributed by atoms with E-state index in [1.807, 2.05) is 28.2 Å². The van der Waals surface area contributed by atoms with Crippen molar-refractivity contribution in [1.82, 2.24) is 14.4 Å². The minimum absolute atomic E-state index is 0.143. The maximum atomic E-state index is 6.18. The van der Waals surface area contributed by atoms with Crippen molar-refractivity contribution in [1.29, 1.82) is 0 Å². The van der Waals surface area contributed by atoms with Crippen LogP contribution in [0.4, 0.5) is 0 Å². The standard InChI is InChI=1S/C14H16N4S/c15-12(4-3-11-2-1-5-16-9-11)8-13-10-18-6-7-19-14(18)17-13/h1-2,5-7,9-10,12H,3-4,8,15H2. The zero-order valence-corrected chi connectivity index (χ0v) is 11.4. The lowest BCUT2D eigenvalue weighted by Crippen LogP contribution is -2.23. The molecule has 1 atom stereocenters. The molecule has 0 aliphatic heterocycles. The van der Waals surface area contributed by atoms with Crippen LogP contribution in [0.3, 0.4) is 0 Å². The van der Waals surface area contributed by atoms with Gasteiger partial charge in [-0.05, 0) is 24.5 Å². The Labute approximate surface area is 115 Å². The molecule has 3 rings (SSSR count). The van der Waals surface area contributed by atoms with Crippen molar-refractivity contribution in [2.45, 2.75) is 25.3 Å². The van der Waals surface area contributed by atoms with E-state index in [9.17, 15) is 0 Å². The third-order valence-electron chi connectivity index (χ3n) is 3.14. The molecule has 3 heterocycles. The first-order valence-corrected chi connectivity index (χ1v) is 7.25. The highest BCUT2D eigenvalue weighted by molar-refractivity contribution is 7.15. The second-order valence-electron chi connectivity index (χ2n) is 4.69. The lowest BCUT2D eigenvalue weighted by Gasteiger charge is -2.09. The summed E-state index contributed by atoms with van der Waals surface area (Å²) in [6, 6.07) is 4.20. The highest BCUT2D eigenvalue weighted by Gasteiger charge is 2.08. The molecular formula is C14H16N4S. The van der Waals surface area contributed by atoms with E-state index in [4.69, 9.17) is 5.73 Å². The van der Waals surface area contributed by atoms with Crippen molar-refractivity contribution in [3.05, 3.63) is 53.6 Å². The van der Waals surface area contributed by atoms with Crippen LogP contribution in [-0.2, 0) is 12.8 Å². The molecule has 1 unspecified atom stereocenters. The quantitative estimate of drug-likeness (QED) is 0.775. The Morgan fingerprint density at radius 3 is 3.16 bits per heavy atom. The second kappa shape index (κ2) is 5.50. The fourth-order valence-electron chi connectivity index (χ4n) is 2.14. The van der Waals surface area contributed by atoms with E-state index >= 15 is 0 Å². The van der Waals surface area contributed by atoms with Crippen LogP contribution in [0.15, 0.2) is 42.3 Å². The summed E-state index contributed by atoms with van der Waals surface area (Å²) in [7, 11) is 0. The van der Waals surface area contributed by atoms with Crippen LogP contribution in [0.2, 0.25) is 0 Å². The van der Waals surface area contributed by atoms with Crippen molar-refractivity contribution < 1.29 is 0 Å². The van der Waals surface area contributed by atoms with Gasteiger partial charge in [-0.25, -0.2) is 4.98 Å². The van der Waals surface area contributed by atoms with Gasteiger partial charge in [0, 0.05) is 42.6 Å². The summed E-state index contributed by atoms with van der Waals surface area (Å²) in [5, 5.41) is 2.04. The molecule has 19 heavy (non-hydrogen) atoms. The molecule has 0 fully saturated rings. The normalized spacial score (nSPS) is 12.9. The van der Waals surface area contributed by atoms with Crippen molar-refractivity contribution in [3.63, 3.8) is 0 Å². The van der Waals surface area contributed by atoms with E-state index < -0.39 is 0 Å². The SMILES string of the molecule is NC(CCc1cccnc1)Cc1cn2ccsc2n1. The number of aryl methyl sites for hydroxylation is 1. The Kier molecular flexibility index (Phi) is 3.57. The van der Waals surface area contributed by atoms with Crippen molar-refractivity contribution in [2.24, 2.45) is 5.73 Å². The first kappa shape index (κ1) is 12.3. The van der Waals surface area contributed by atoms with Crippen molar-refractivity contribution >= 4 is 16.3 Å². The van der Waals surface area contributed by atoms with Gasteiger partial charge in [0.1, 0.15) is 0 Å². The lowest BCUT2D eigenvalue weighted by molar-refractivity contribution is 0.604. The number of aromatic nitrogens is 3. The number of hydrogen-bond donors (Lipinski definition) is 1. The number of rotatable bonds is 5. The third-order valence-corrected chi connectivity index (χ3v) is 3.91. The smallest absolute Gasteiger partial charge is 0.193 e. The average Bonchev–Trinajstić information content (AvgIpc) is 2.98. The molecule has 0 aromatic carbocycles. The van der Waals surface area contributed by atoms with Crippen LogP contribution in [0.1, 0.15) is 17.7 Å². The van der Waals surface area contributed by atoms with Gasteiger partial charge in [-0.2, -0.15) is 0 Å². The first-order valence-electron chi connectivity index (χ1n) is 6.37. The molecule has 3 aromatic heterocycles. The Bertz CT molecular complexity index is 615. The molecule has 0 radical (unpaired) electrons. The van der Waals surface area contributed by atoms with Gasteiger partial charge in [0.2, 0.25) is 0 Å². The van der Waals surface area contributed by atoms with Crippen LogP contribution in [0.5, 0.6) is 0 Å². The van der Waals surface area contributed by atoms with Crippen LogP contribution in [-0.4, -0.2) is 20.4 Å². The summed E-state index contributed by atoms with van der Waals surface area (Å²) in [6.45, 7) is 0. The number of thiazole rings is 1. The minimum atomic E-state index is 0.143. The topological polar surface area (TPSA) is 56.2 Å². The number of imidazole rings is 1. The average molecular weight is 272 g/mol. The molecule has 5 heteroatoms. The molecule has 2 N–H and O–H groups in total. The monoisotopic (exact) mass is 272 g/mol. The molecule has 0 bridgehead atoms.